The predicted octanol–water partition coefficient (Wildman–Crippen LogP) is 7.37. The Morgan fingerprint density at radius 1 is 0.976 bits per heavy atom. The lowest BCUT2D eigenvalue weighted by Gasteiger charge is -2.71. The Bertz CT molecular complexity index is 1140. The Labute approximate surface area is 253 Å². The molecule has 10 atom stereocenters. The molecule has 0 bridgehead atoms. The van der Waals surface area contributed by atoms with Crippen LogP contribution >= 0.6 is 0 Å². The van der Waals surface area contributed by atoms with Crippen molar-refractivity contribution in [2.75, 3.05) is 6.54 Å². The van der Waals surface area contributed by atoms with Crippen LogP contribution in [0.4, 0.5) is 0 Å². The van der Waals surface area contributed by atoms with E-state index >= 15 is 0 Å². The van der Waals surface area contributed by atoms with Crippen LogP contribution in [0.25, 0.3) is 0 Å². The Morgan fingerprint density at radius 2 is 1.71 bits per heavy atom. The van der Waals surface area contributed by atoms with Crippen LogP contribution in [0.15, 0.2) is 23.3 Å². The fourth-order valence-electron chi connectivity index (χ4n) is 11.8. The zero-order valence-corrected chi connectivity index (χ0v) is 27.1. The molecule has 0 aromatic rings. The summed E-state index contributed by atoms with van der Waals surface area (Å²) in [6, 6.07) is 0. The van der Waals surface area contributed by atoms with Crippen LogP contribution < -0.4 is 5.32 Å². The van der Waals surface area contributed by atoms with E-state index in [2.05, 4.69) is 52.1 Å². The van der Waals surface area contributed by atoms with Crippen molar-refractivity contribution < 1.29 is 24.9 Å². The van der Waals surface area contributed by atoms with Crippen LogP contribution in [-0.4, -0.2) is 44.9 Å². The van der Waals surface area contributed by atoms with Gasteiger partial charge in [-0.3, -0.25) is 4.79 Å². The van der Waals surface area contributed by atoms with E-state index in [1.54, 1.807) is 0 Å². The lowest BCUT2D eigenvalue weighted by Crippen LogP contribution is -2.67. The van der Waals surface area contributed by atoms with Gasteiger partial charge in [0.05, 0.1) is 0 Å². The Kier molecular flexibility index (Phi) is 8.35. The Balaban J connectivity index is 1.41. The lowest BCUT2D eigenvalue weighted by atomic mass is 9.34. The smallest absolute Gasteiger partial charge is 0.336 e. The molecular weight excluding hydrogens is 526 g/mol. The third-order valence-electron chi connectivity index (χ3n) is 14.2. The number of aliphatic carboxylic acids is 2. The highest BCUT2D eigenvalue weighted by Gasteiger charge is 2.68. The highest BCUT2D eigenvalue weighted by molar-refractivity contribution is 5.76. The van der Waals surface area contributed by atoms with Crippen molar-refractivity contribution in [2.24, 2.45) is 45.8 Å². The maximum atomic E-state index is 11.7. The van der Waals surface area contributed by atoms with E-state index in [1.165, 1.54) is 63.0 Å². The van der Waals surface area contributed by atoms with Gasteiger partial charge in [-0.2, -0.15) is 0 Å². The number of nitrogens with one attached hydrogen (secondary N) is 1. The number of hydrogen-bond acceptors (Lipinski definition) is 4. The van der Waals surface area contributed by atoms with Crippen molar-refractivity contribution in [3.05, 3.63) is 23.3 Å². The molecule has 0 radical (unpaired) electrons. The first-order valence-electron chi connectivity index (χ1n) is 17.0. The van der Waals surface area contributed by atoms with Crippen LogP contribution in [0.5, 0.6) is 0 Å². The summed E-state index contributed by atoms with van der Waals surface area (Å²) in [6.45, 7) is 13.9. The number of carbonyl (C=O) groups is 2. The molecular formula is C36H57NO5. The quantitative estimate of drug-likeness (QED) is 0.226. The molecule has 0 spiro atoms. The van der Waals surface area contributed by atoms with Crippen LogP contribution in [0.1, 0.15) is 125 Å². The van der Waals surface area contributed by atoms with Crippen LogP contribution in [0.2, 0.25) is 0 Å². The second kappa shape index (κ2) is 11.1. The number of fused-ring (bicyclic) bond motifs is 7. The minimum Gasteiger partial charge on any atom is -0.481 e. The van der Waals surface area contributed by atoms with Gasteiger partial charge in [0.25, 0.3) is 0 Å². The van der Waals surface area contributed by atoms with Crippen molar-refractivity contribution in [3.8, 4) is 0 Å². The molecule has 5 aliphatic rings. The third kappa shape index (κ3) is 4.82. The fraction of sp³-hybridized carbons (Fsp3) is 0.833. The number of allylic oxidation sites excluding steroid dienone is 4. The zero-order chi connectivity index (χ0) is 30.7. The summed E-state index contributed by atoms with van der Waals surface area (Å²) >= 11 is 0. The van der Waals surface area contributed by atoms with Gasteiger partial charge in [0.1, 0.15) is 0 Å². The van der Waals surface area contributed by atoms with Crippen molar-refractivity contribution in [2.45, 2.75) is 136 Å². The van der Waals surface area contributed by atoms with Gasteiger partial charge < -0.3 is 20.6 Å². The van der Waals surface area contributed by atoms with Gasteiger partial charge >= 0.3 is 11.9 Å². The SMILES string of the molecule is CC/C=C(\CCC(=O)O)C1=CCC2(C)C(CCC3(C)C2CCC2[C@H]4CCCC4(NCC(C)(O)C(=O)O)CC[C@]23C)C1C. The molecule has 4 N–H and O–H groups in total. The van der Waals surface area contributed by atoms with Gasteiger partial charge in [0.2, 0.25) is 0 Å². The average Bonchev–Trinajstić information content (AvgIpc) is 3.35. The summed E-state index contributed by atoms with van der Waals surface area (Å²) in [6.07, 6.45) is 18.3. The van der Waals surface area contributed by atoms with Gasteiger partial charge in [-0.25, -0.2) is 4.79 Å². The van der Waals surface area contributed by atoms with Gasteiger partial charge in [0.15, 0.2) is 5.60 Å². The van der Waals surface area contributed by atoms with E-state index in [9.17, 15) is 24.9 Å². The molecule has 4 saturated carbocycles. The molecule has 6 heteroatoms. The van der Waals surface area contributed by atoms with Crippen LogP contribution in [-0.2, 0) is 9.59 Å². The number of carboxylic acid groups (broad SMARTS) is 2. The first kappa shape index (κ1) is 31.8. The van der Waals surface area contributed by atoms with Crippen molar-refractivity contribution in [1.29, 1.82) is 0 Å². The summed E-state index contributed by atoms with van der Waals surface area (Å²) in [7, 11) is 0. The largest absolute Gasteiger partial charge is 0.481 e. The summed E-state index contributed by atoms with van der Waals surface area (Å²) < 4.78 is 0. The molecule has 5 rings (SSSR count). The third-order valence-corrected chi connectivity index (χ3v) is 14.2. The van der Waals surface area contributed by atoms with E-state index in [0.29, 0.717) is 36.0 Å². The molecule has 6 nitrogen and oxygen atoms in total. The van der Waals surface area contributed by atoms with Crippen LogP contribution in [0, 0.1) is 45.8 Å². The summed E-state index contributed by atoms with van der Waals surface area (Å²) in [5, 5.41) is 33.1. The zero-order valence-electron chi connectivity index (χ0n) is 27.1. The summed E-state index contributed by atoms with van der Waals surface area (Å²) in [5.41, 5.74) is 1.64. The van der Waals surface area contributed by atoms with E-state index in [4.69, 9.17) is 0 Å². The first-order valence-corrected chi connectivity index (χ1v) is 17.0. The Morgan fingerprint density at radius 3 is 2.38 bits per heavy atom. The molecule has 42 heavy (non-hydrogen) atoms. The van der Waals surface area contributed by atoms with Gasteiger partial charge in [0, 0.05) is 18.5 Å². The summed E-state index contributed by atoms with van der Waals surface area (Å²) in [4.78, 5) is 23.1. The minimum atomic E-state index is -1.75. The molecule has 0 aliphatic heterocycles. The highest BCUT2D eigenvalue weighted by atomic mass is 16.4. The molecule has 0 aromatic carbocycles. The number of β-amino-alcohol motifs (C(OH)–C–C–N with tert-alkyl or cyclic N) is 1. The second-order valence-electron chi connectivity index (χ2n) is 16.0. The average molecular weight is 584 g/mol. The summed E-state index contributed by atoms with van der Waals surface area (Å²) in [5.74, 6) is 1.03. The van der Waals surface area contributed by atoms with E-state index in [-0.39, 0.29) is 34.7 Å². The highest BCUT2D eigenvalue weighted by Crippen LogP contribution is 2.75. The van der Waals surface area contributed by atoms with Gasteiger partial charge in [-0.1, -0.05) is 53.2 Å². The van der Waals surface area contributed by atoms with Crippen molar-refractivity contribution in [1.82, 2.24) is 5.32 Å². The standard InChI is InChI=1S/C36H57NO5/c1-7-9-24(11-14-30(38)39)25-15-18-32(3)26(23(25)2)16-19-34(5)29(32)13-12-27-28-10-8-17-36(28,21-20-33(27,34)4)37-22-35(6,42)31(40)41/h9,15,23,26-29,37,42H,7-8,10-14,16-22H2,1-6H3,(H,38,39)(H,40,41)/b24-9+/t23?,26?,27?,28-,29?,32?,33-,34?,35?,36?/m1/s1. The predicted molar refractivity (Wildman–Crippen MR) is 166 cm³/mol. The molecule has 8 unspecified atom stereocenters. The molecule has 5 aliphatic carbocycles. The number of hydrogen-bond donors (Lipinski definition) is 4. The monoisotopic (exact) mass is 583 g/mol. The van der Waals surface area contributed by atoms with Crippen LogP contribution in [0.3, 0.4) is 0 Å². The maximum absolute atomic E-state index is 11.7. The molecule has 0 aromatic heterocycles. The molecule has 4 fully saturated rings. The molecule has 236 valence electrons. The number of aliphatic hydroxyl groups is 1. The topological polar surface area (TPSA) is 107 Å². The number of rotatable bonds is 9. The molecule has 0 amide bonds. The first-order chi connectivity index (χ1) is 19.7. The molecule has 0 saturated heterocycles. The van der Waals surface area contributed by atoms with E-state index in [1.807, 2.05) is 0 Å². The van der Waals surface area contributed by atoms with E-state index in [0.717, 1.165) is 25.7 Å². The fourth-order valence-corrected chi connectivity index (χ4v) is 11.8. The normalized spacial score (nSPS) is 44.6. The Hall–Kier alpha value is -1.66. The minimum absolute atomic E-state index is 0.0527. The van der Waals surface area contributed by atoms with Crippen molar-refractivity contribution >= 4 is 11.9 Å². The molecule has 0 heterocycles. The maximum Gasteiger partial charge on any atom is 0.336 e. The lowest BCUT2D eigenvalue weighted by molar-refractivity contribution is -0.213. The second-order valence-corrected chi connectivity index (χ2v) is 16.0. The van der Waals surface area contributed by atoms with Crippen molar-refractivity contribution in [3.63, 3.8) is 0 Å². The number of carboxylic acids is 2. The van der Waals surface area contributed by atoms with Gasteiger partial charge in [-0.05, 0) is 135 Å². The van der Waals surface area contributed by atoms with Gasteiger partial charge in [-0.15, -0.1) is 0 Å². The van der Waals surface area contributed by atoms with E-state index < -0.39 is 17.5 Å².